The van der Waals surface area contributed by atoms with Gasteiger partial charge in [0.05, 0.1) is 15.1 Å². The maximum atomic E-state index is 12.8. The standard InChI is InChI=1S/C19H19N3O3S3/c1-11-3-7-14(28(24,25)22-12-4-5-12)10-15(11)18(23)20-13-6-8-16-17(9-13)27-19(21-16)26-2/h3,6-10,12,22H,4-5H2,1-2H3,(H,20,23). The fourth-order valence-corrected chi connectivity index (χ4v) is 5.63. The van der Waals surface area contributed by atoms with Crippen molar-refractivity contribution >= 4 is 54.9 Å². The van der Waals surface area contributed by atoms with Gasteiger partial charge in [-0.3, -0.25) is 4.79 Å². The molecule has 1 saturated carbocycles. The Labute approximate surface area is 171 Å². The Kier molecular flexibility index (Phi) is 5.17. The van der Waals surface area contributed by atoms with Gasteiger partial charge >= 0.3 is 0 Å². The zero-order chi connectivity index (χ0) is 19.9. The minimum Gasteiger partial charge on any atom is -0.322 e. The number of amides is 1. The average molecular weight is 434 g/mol. The molecule has 0 radical (unpaired) electrons. The van der Waals surface area contributed by atoms with Gasteiger partial charge in [0.25, 0.3) is 5.91 Å². The Balaban J connectivity index is 1.59. The summed E-state index contributed by atoms with van der Waals surface area (Å²) in [6, 6.07) is 10.2. The topological polar surface area (TPSA) is 88.2 Å². The number of hydrogen-bond donors (Lipinski definition) is 2. The molecule has 0 spiro atoms. The molecule has 6 nitrogen and oxygen atoms in total. The van der Waals surface area contributed by atoms with Gasteiger partial charge in [-0.2, -0.15) is 0 Å². The molecule has 1 fully saturated rings. The first-order valence-electron chi connectivity index (χ1n) is 8.74. The highest BCUT2D eigenvalue weighted by Crippen LogP contribution is 2.30. The number of hydrogen-bond acceptors (Lipinski definition) is 6. The number of anilines is 1. The van der Waals surface area contributed by atoms with Gasteiger partial charge in [-0.25, -0.2) is 18.1 Å². The zero-order valence-electron chi connectivity index (χ0n) is 15.4. The Hall–Kier alpha value is -1.94. The predicted molar refractivity (Wildman–Crippen MR) is 114 cm³/mol. The first-order chi connectivity index (χ1) is 13.4. The highest BCUT2D eigenvalue weighted by atomic mass is 32.2. The van der Waals surface area contributed by atoms with E-state index in [2.05, 4.69) is 15.0 Å². The monoisotopic (exact) mass is 433 g/mol. The highest BCUT2D eigenvalue weighted by Gasteiger charge is 2.28. The molecule has 0 bridgehead atoms. The number of nitrogens with one attached hydrogen (secondary N) is 2. The molecule has 9 heteroatoms. The van der Waals surface area contributed by atoms with Gasteiger partial charge in [0.2, 0.25) is 10.0 Å². The normalized spacial score (nSPS) is 14.4. The molecule has 3 aromatic rings. The SMILES string of the molecule is CSc1nc2ccc(NC(=O)c3cc(S(=O)(=O)NC4CC4)ccc3C)cc2s1. The molecule has 28 heavy (non-hydrogen) atoms. The van der Waals surface area contributed by atoms with Gasteiger partial charge in [-0.1, -0.05) is 17.8 Å². The summed E-state index contributed by atoms with van der Waals surface area (Å²) < 4.78 is 29.5. The van der Waals surface area contributed by atoms with Crippen LogP contribution in [0.1, 0.15) is 28.8 Å². The number of fused-ring (bicyclic) bond motifs is 1. The van der Waals surface area contributed by atoms with Crippen LogP contribution in [-0.2, 0) is 10.0 Å². The lowest BCUT2D eigenvalue weighted by atomic mass is 10.1. The number of carbonyl (C=O) groups is 1. The minimum absolute atomic E-state index is 0.0147. The summed E-state index contributed by atoms with van der Waals surface area (Å²) in [4.78, 5) is 17.4. The molecule has 1 aliphatic carbocycles. The second kappa shape index (κ2) is 7.47. The lowest BCUT2D eigenvalue weighted by molar-refractivity contribution is 0.102. The Morgan fingerprint density at radius 1 is 1.21 bits per heavy atom. The maximum absolute atomic E-state index is 12.8. The van der Waals surface area contributed by atoms with Crippen molar-refractivity contribution in [2.75, 3.05) is 11.6 Å². The summed E-state index contributed by atoms with van der Waals surface area (Å²) >= 11 is 3.15. The van der Waals surface area contributed by atoms with E-state index in [-0.39, 0.29) is 16.8 Å². The van der Waals surface area contributed by atoms with E-state index in [1.165, 1.54) is 12.1 Å². The fraction of sp³-hybridized carbons (Fsp3) is 0.263. The van der Waals surface area contributed by atoms with Gasteiger partial charge in [0.15, 0.2) is 4.34 Å². The van der Waals surface area contributed by atoms with Crippen molar-refractivity contribution in [1.82, 2.24) is 9.71 Å². The third-order valence-corrected chi connectivity index (χ3v) is 7.99. The first-order valence-corrected chi connectivity index (χ1v) is 12.3. The number of rotatable bonds is 6. The van der Waals surface area contributed by atoms with Crippen LogP contribution in [0.2, 0.25) is 0 Å². The van der Waals surface area contributed by atoms with Crippen LogP contribution in [0.4, 0.5) is 5.69 Å². The second-order valence-corrected chi connectivity index (χ2v) is 10.5. The van der Waals surface area contributed by atoms with E-state index in [1.807, 2.05) is 18.4 Å². The number of aryl methyl sites for hydroxylation is 1. The average Bonchev–Trinajstić information content (AvgIpc) is 3.36. The van der Waals surface area contributed by atoms with Crippen LogP contribution >= 0.6 is 23.1 Å². The zero-order valence-corrected chi connectivity index (χ0v) is 17.8. The number of sulfonamides is 1. The number of carbonyl (C=O) groups excluding carboxylic acids is 1. The number of thiazole rings is 1. The molecular weight excluding hydrogens is 414 g/mol. The molecule has 2 N–H and O–H groups in total. The van der Waals surface area contributed by atoms with Gasteiger partial charge < -0.3 is 5.32 Å². The van der Waals surface area contributed by atoms with Crippen molar-refractivity contribution in [2.45, 2.75) is 35.0 Å². The molecule has 0 unspecified atom stereocenters. The summed E-state index contributed by atoms with van der Waals surface area (Å²) in [5.74, 6) is -0.338. The second-order valence-electron chi connectivity index (χ2n) is 6.69. The molecule has 4 rings (SSSR count). The van der Waals surface area contributed by atoms with Crippen LogP contribution < -0.4 is 10.0 Å². The van der Waals surface area contributed by atoms with Crippen LogP contribution in [0.3, 0.4) is 0 Å². The lowest BCUT2D eigenvalue weighted by Gasteiger charge is -2.11. The van der Waals surface area contributed by atoms with E-state index in [4.69, 9.17) is 0 Å². The summed E-state index contributed by atoms with van der Waals surface area (Å²) in [6.45, 7) is 1.79. The summed E-state index contributed by atoms with van der Waals surface area (Å²) in [5, 5.41) is 2.87. The van der Waals surface area contributed by atoms with Gasteiger partial charge in [0.1, 0.15) is 0 Å². The summed E-state index contributed by atoms with van der Waals surface area (Å²) in [5.41, 5.74) is 2.60. The van der Waals surface area contributed by atoms with Crippen molar-refractivity contribution in [3.63, 3.8) is 0 Å². The maximum Gasteiger partial charge on any atom is 0.255 e. The molecule has 0 aliphatic heterocycles. The smallest absolute Gasteiger partial charge is 0.255 e. The van der Waals surface area contributed by atoms with Gasteiger partial charge in [0, 0.05) is 17.3 Å². The summed E-state index contributed by atoms with van der Waals surface area (Å²) in [7, 11) is -3.61. The van der Waals surface area contributed by atoms with Crippen LogP contribution in [0, 0.1) is 6.92 Å². The molecule has 2 aromatic carbocycles. The van der Waals surface area contributed by atoms with Crippen molar-refractivity contribution in [3.8, 4) is 0 Å². The van der Waals surface area contributed by atoms with Crippen molar-refractivity contribution in [1.29, 1.82) is 0 Å². The van der Waals surface area contributed by atoms with E-state index in [1.54, 1.807) is 42.2 Å². The van der Waals surface area contributed by atoms with E-state index >= 15 is 0 Å². The van der Waals surface area contributed by atoms with Crippen molar-refractivity contribution < 1.29 is 13.2 Å². The molecule has 1 heterocycles. The number of aromatic nitrogens is 1. The molecule has 1 aliphatic rings. The molecule has 146 valence electrons. The highest BCUT2D eigenvalue weighted by molar-refractivity contribution is 8.00. The van der Waals surface area contributed by atoms with E-state index in [9.17, 15) is 13.2 Å². The largest absolute Gasteiger partial charge is 0.322 e. The van der Waals surface area contributed by atoms with E-state index in [0.717, 1.165) is 27.4 Å². The Morgan fingerprint density at radius 3 is 2.71 bits per heavy atom. The number of nitrogens with zero attached hydrogens (tertiary/aromatic N) is 1. The quantitative estimate of drug-likeness (QED) is 0.573. The van der Waals surface area contributed by atoms with Crippen molar-refractivity contribution in [3.05, 3.63) is 47.5 Å². The molecule has 1 aromatic heterocycles. The number of benzene rings is 2. The van der Waals surface area contributed by atoms with Crippen molar-refractivity contribution in [2.24, 2.45) is 0 Å². The predicted octanol–water partition coefficient (Wildman–Crippen LogP) is 4.02. The van der Waals surface area contributed by atoms with Crippen LogP contribution in [0.5, 0.6) is 0 Å². The summed E-state index contributed by atoms with van der Waals surface area (Å²) in [6.07, 6.45) is 3.69. The van der Waals surface area contributed by atoms with Crippen LogP contribution in [0.25, 0.3) is 10.2 Å². The third kappa shape index (κ3) is 4.07. The fourth-order valence-electron chi connectivity index (χ4n) is 2.77. The van der Waals surface area contributed by atoms with Crippen LogP contribution in [-0.4, -0.2) is 31.6 Å². The first kappa shape index (κ1) is 19.4. The minimum atomic E-state index is -3.61. The Morgan fingerprint density at radius 2 is 2.00 bits per heavy atom. The van der Waals surface area contributed by atoms with Gasteiger partial charge in [-0.15, -0.1) is 11.3 Å². The molecular formula is C19H19N3O3S3. The molecule has 0 atom stereocenters. The van der Waals surface area contributed by atoms with Crippen LogP contribution in [0.15, 0.2) is 45.6 Å². The lowest BCUT2D eigenvalue weighted by Crippen LogP contribution is -2.26. The molecule has 1 amide bonds. The van der Waals surface area contributed by atoms with E-state index in [0.29, 0.717) is 16.8 Å². The van der Waals surface area contributed by atoms with Gasteiger partial charge in [-0.05, 0) is 61.9 Å². The Bertz CT molecular complexity index is 1170. The third-order valence-electron chi connectivity index (χ3n) is 4.46. The van der Waals surface area contributed by atoms with E-state index < -0.39 is 10.0 Å². The molecule has 0 saturated heterocycles. The number of thioether (sulfide) groups is 1.